The molecule has 1 aromatic carbocycles. The Bertz CT molecular complexity index is 1050. The normalized spacial score (nSPS) is 14.3. The van der Waals surface area contributed by atoms with Crippen molar-refractivity contribution in [3.8, 4) is 22.3 Å². The first-order valence-electron chi connectivity index (χ1n) is 9.36. The third-order valence-corrected chi connectivity index (χ3v) is 5.53. The van der Waals surface area contributed by atoms with Crippen molar-refractivity contribution in [1.82, 2.24) is 9.97 Å². The van der Waals surface area contributed by atoms with Gasteiger partial charge in [-0.25, -0.2) is 18.4 Å². The van der Waals surface area contributed by atoms with Crippen LogP contribution < -0.4 is 10.6 Å². The van der Waals surface area contributed by atoms with Crippen LogP contribution in [0, 0.1) is 0 Å². The summed E-state index contributed by atoms with van der Waals surface area (Å²) in [7, 11) is -2.43. The molecule has 2 aromatic heterocycles. The SMILES string of the molecule is Nc1ncc(-c2ccc(C[SH](=O)=O)cc2)cc1-c1ccc(N2CCOCC2)nc1. The molecule has 0 radical (unpaired) electrons. The van der Waals surface area contributed by atoms with Gasteiger partial charge in [0.2, 0.25) is 0 Å². The van der Waals surface area contributed by atoms with E-state index >= 15 is 0 Å². The Morgan fingerprint density at radius 3 is 2.28 bits per heavy atom. The Hall–Kier alpha value is -2.97. The molecule has 4 rings (SSSR count). The molecule has 1 saturated heterocycles. The van der Waals surface area contributed by atoms with Gasteiger partial charge in [-0.1, -0.05) is 24.3 Å². The van der Waals surface area contributed by atoms with Crippen molar-refractivity contribution in [2.75, 3.05) is 36.9 Å². The molecular weight excluding hydrogens is 388 g/mol. The van der Waals surface area contributed by atoms with Gasteiger partial charge < -0.3 is 15.4 Å². The van der Waals surface area contributed by atoms with Crippen molar-refractivity contribution in [3.05, 3.63) is 60.4 Å². The predicted molar refractivity (Wildman–Crippen MR) is 114 cm³/mol. The van der Waals surface area contributed by atoms with Crippen LogP contribution in [0.4, 0.5) is 11.6 Å². The Morgan fingerprint density at radius 1 is 0.931 bits per heavy atom. The van der Waals surface area contributed by atoms with E-state index in [1.54, 1.807) is 6.20 Å². The summed E-state index contributed by atoms with van der Waals surface area (Å²) in [6.45, 7) is 3.10. The van der Waals surface area contributed by atoms with Crippen LogP contribution >= 0.6 is 0 Å². The molecule has 0 amide bonds. The van der Waals surface area contributed by atoms with E-state index in [0.717, 1.165) is 46.7 Å². The lowest BCUT2D eigenvalue weighted by Gasteiger charge is -2.27. The van der Waals surface area contributed by atoms with Gasteiger partial charge in [0, 0.05) is 42.2 Å². The van der Waals surface area contributed by atoms with Gasteiger partial charge in [0.25, 0.3) is 0 Å². The van der Waals surface area contributed by atoms with E-state index in [0.29, 0.717) is 19.0 Å². The third-order valence-electron chi connectivity index (χ3n) is 4.91. The molecule has 8 heteroatoms. The first kappa shape index (κ1) is 19.4. The first-order chi connectivity index (χ1) is 14.1. The number of pyridine rings is 2. The second kappa shape index (κ2) is 8.59. The lowest BCUT2D eigenvalue weighted by Crippen LogP contribution is -2.36. The average molecular weight is 410 g/mol. The number of nitrogen functional groups attached to an aromatic ring is 1. The molecule has 0 spiro atoms. The molecule has 0 bridgehead atoms. The Labute approximate surface area is 171 Å². The minimum atomic E-state index is -2.43. The quantitative estimate of drug-likeness (QED) is 0.623. The Morgan fingerprint density at radius 2 is 1.62 bits per heavy atom. The standard InChI is InChI=1S/C21H22N4O3S/c22-21-19(17-5-6-20(23-12-17)25-7-9-28-10-8-25)11-18(13-24-21)16-3-1-15(2-4-16)14-29(26)27/h1-6,11-13,29H,7-10,14H2,(H2,22,24). The minimum absolute atomic E-state index is 0.0437. The number of morpholine rings is 1. The number of benzene rings is 1. The van der Waals surface area contributed by atoms with Crippen LogP contribution in [0.25, 0.3) is 22.3 Å². The highest BCUT2D eigenvalue weighted by atomic mass is 32.2. The number of ether oxygens (including phenoxy) is 1. The lowest BCUT2D eigenvalue weighted by atomic mass is 10.0. The van der Waals surface area contributed by atoms with Crippen LogP contribution in [0.3, 0.4) is 0 Å². The molecule has 3 heterocycles. The van der Waals surface area contributed by atoms with Crippen LogP contribution in [0.1, 0.15) is 5.56 Å². The van der Waals surface area contributed by atoms with Crippen LogP contribution in [-0.2, 0) is 21.2 Å². The van der Waals surface area contributed by atoms with E-state index in [4.69, 9.17) is 10.5 Å². The molecule has 1 aliphatic heterocycles. The van der Waals surface area contributed by atoms with E-state index in [1.165, 1.54) is 0 Å². The molecule has 0 unspecified atom stereocenters. The Kier molecular flexibility index (Phi) is 5.73. The monoisotopic (exact) mass is 410 g/mol. The fourth-order valence-corrected chi connectivity index (χ4v) is 3.85. The van der Waals surface area contributed by atoms with Gasteiger partial charge in [-0.05, 0) is 29.3 Å². The van der Waals surface area contributed by atoms with Gasteiger partial charge in [0.15, 0.2) is 0 Å². The van der Waals surface area contributed by atoms with E-state index in [9.17, 15) is 8.42 Å². The van der Waals surface area contributed by atoms with Crippen molar-refractivity contribution in [3.63, 3.8) is 0 Å². The van der Waals surface area contributed by atoms with Crippen molar-refractivity contribution in [2.24, 2.45) is 0 Å². The first-order valence-corrected chi connectivity index (χ1v) is 10.7. The number of rotatable bonds is 5. The zero-order valence-corrected chi connectivity index (χ0v) is 16.7. The second-order valence-electron chi connectivity index (χ2n) is 6.85. The third kappa shape index (κ3) is 4.55. The minimum Gasteiger partial charge on any atom is -0.383 e. The molecule has 3 aromatic rings. The van der Waals surface area contributed by atoms with E-state index in [2.05, 4.69) is 14.9 Å². The molecule has 1 aliphatic rings. The fourth-order valence-electron chi connectivity index (χ4n) is 3.34. The van der Waals surface area contributed by atoms with E-state index in [-0.39, 0.29) is 5.75 Å². The van der Waals surface area contributed by atoms with Crippen LogP contribution in [0.5, 0.6) is 0 Å². The highest BCUT2D eigenvalue weighted by Crippen LogP contribution is 2.30. The lowest BCUT2D eigenvalue weighted by molar-refractivity contribution is 0.122. The van der Waals surface area contributed by atoms with Crippen molar-refractivity contribution >= 4 is 22.3 Å². The van der Waals surface area contributed by atoms with Gasteiger partial charge in [-0.3, -0.25) is 0 Å². The van der Waals surface area contributed by atoms with Gasteiger partial charge in [-0.15, -0.1) is 0 Å². The number of hydrogen-bond acceptors (Lipinski definition) is 7. The second-order valence-corrected chi connectivity index (χ2v) is 7.83. The molecule has 7 nitrogen and oxygen atoms in total. The van der Waals surface area contributed by atoms with Crippen molar-refractivity contribution < 1.29 is 13.2 Å². The molecule has 150 valence electrons. The number of anilines is 2. The molecular formula is C21H22N4O3S. The number of nitrogens with zero attached hydrogens (tertiary/aromatic N) is 3. The molecule has 0 saturated carbocycles. The smallest absolute Gasteiger partial charge is 0.144 e. The highest BCUT2D eigenvalue weighted by molar-refractivity contribution is 7.71. The van der Waals surface area contributed by atoms with E-state index < -0.39 is 10.7 Å². The van der Waals surface area contributed by atoms with Crippen molar-refractivity contribution in [2.45, 2.75) is 5.75 Å². The predicted octanol–water partition coefficient (Wildman–Crippen LogP) is 2.34. The van der Waals surface area contributed by atoms with Crippen LogP contribution in [0.2, 0.25) is 0 Å². The largest absolute Gasteiger partial charge is 0.383 e. The maximum absolute atomic E-state index is 10.9. The number of thiol groups is 1. The zero-order valence-electron chi connectivity index (χ0n) is 15.8. The maximum atomic E-state index is 10.9. The summed E-state index contributed by atoms with van der Waals surface area (Å²) in [5, 5.41) is 0. The molecule has 2 N–H and O–H groups in total. The molecule has 29 heavy (non-hydrogen) atoms. The average Bonchev–Trinajstić information content (AvgIpc) is 2.75. The summed E-state index contributed by atoms with van der Waals surface area (Å²) >= 11 is 0. The Balaban J connectivity index is 1.59. The summed E-state index contributed by atoms with van der Waals surface area (Å²) in [5.74, 6) is 1.41. The van der Waals surface area contributed by atoms with Gasteiger partial charge in [0.05, 0.1) is 19.0 Å². The topological polar surface area (TPSA) is 98.4 Å². The zero-order chi connectivity index (χ0) is 20.2. The van der Waals surface area contributed by atoms with Gasteiger partial charge >= 0.3 is 0 Å². The van der Waals surface area contributed by atoms with Gasteiger partial charge in [0.1, 0.15) is 22.3 Å². The fraction of sp³-hybridized carbons (Fsp3) is 0.238. The van der Waals surface area contributed by atoms with Crippen LogP contribution in [0.15, 0.2) is 54.9 Å². The van der Waals surface area contributed by atoms with Crippen LogP contribution in [-0.4, -0.2) is 44.7 Å². The number of nitrogens with two attached hydrogens (primary N) is 1. The molecule has 0 atom stereocenters. The highest BCUT2D eigenvalue weighted by Gasteiger charge is 2.13. The summed E-state index contributed by atoms with van der Waals surface area (Å²) in [6.07, 6.45) is 3.54. The molecule has 0 aliphatic carbocycles. The van der Waals surface area contributed by atoms with Gasteiger partial charge in [-0.2, -0.15) is 0 Å². The maximum Gasteiger partial charge on any atom is 0.144 e. The summed E-state index contributed by atoms with van der Waals surface area (Å²) in [4.78, 5) is 11.1. The number of aromatic nitrogens is 2. The molecule has 1 fully saturated rings. The van der Waals surface area contributed by atoms with E-state index in [1.807, 2.05) is 48.7 Å². The summed E-state index contributed by atoms with van der Waals surface area (Å²) in [5.41, 5.74) is 10.5. The summed E-state index contributed by atoms with van der Waals surface area (Å²) < 4.78 is 27.2. The number of hydrogen-bond donors (Lipinski definition) is 2. The summed E-state index contributed by atoms with van der Waals surface area (Å²) in [6, 6.07) is 13.4. The van der Waals surface area contributed by atoms with Crippen molar-refractivity contribution in [1.29, 1.82) is 0 Å².